The summed E-state index contributed by atoms with van der Waals surface area (Å²) < 4.78 is 0. The number of nitrogens with zero attached hydrogens (tertiary/aromatic N) is 1. The van der Waals surface area contributed by atoms with Crippen LogP contribution in [0, 0.1) is 13.8 Å². The lowest BCUT2D eigenvalue weighted by Gasteiger charge is -2.03. The molecule has 0 unspecified atom stereocenters. The molecule has 3 rings (SSSR count). The lowest BCUT2D eigenvalue weighted by Crippen LogP contribution is -2.29. The van der Waals surface area contributed by atoms with Crippen molar-refractivity contribution in [3.8, 4) is 0 Å². The third kappa shape index (κ3) is 5.99. The molecule has 3 nitrogen and oxygen atoms in total. The van der Waals surface area contributed by atoms with Gasteiger partial charge in [-0.1, -0.05) is 78.4 Å². The van der Waals surface area contributed by atoms with Crippen LogP contribution in [0.15, 0.2) is 83.9 Å². The van der Waals surface area contributed by atoms with Crippen LogP contribution >= 0.6 is 0 Å². The van der Waals surface area contributed by atoms with Gasteiger partial charge in [0.2, 0.25) is 0 Å². The first-order valence-electron chi connectivity index (χ1n) is 8.56. The smallest absolute Gasteiger partial charge is 0.423 e. The number of rotatable bonds is 3. The number of para-hydroxylation sites is 1. The van der Waals surface area contributed by atoms with E-state index in [4.69, 9.17) is 10.0 Å². The Bertz CT molecular complexity index is 861. The van der Waals surface area contributed by atoms with Crippen LogP contribution < -0.4 is 5.46 Å². The van der Waals surface area contributed by atoms with Gasteiger partial charge in [0.1, 0.15) is 0 Å². The van der Waals surface area contributed by atoms with E-state index in [0.29, 0.717) is 5.46 Å². The Hall–Kier alpha value is -2.69. The molecule has 0 radical (unpaired) electrons. The van der Waals surface area contributed by atoms with Crippen molar-refractivity contribution in [1.29, 1.82) is 0 Å². The van der Waals surface area contributed by atoms with Gasteiger partial charge in [-0.25, -0.2) is 0 Å². The van der Waals surface area contributed by atoms with Crippen molar-refractivity contribution in [2.45, 2.75) is 20.8 Å². The average Bonchev–Trinajstić information content (AvgIpc) is 2.65. The first kappa shape index (κ1) is 19.6. The minimum Gasteiger partial charge on any atom is -0.423 e. The summed E-state index contributed by atoms with van der Waals surface area (Å²) in [5.74, 6) is 0. The van der Waals surface area contributed by atoms with Gasteiger partial charge in [0, 0.05) is 5.71 Å². The van der Waals surface area contributed by atoms with E-state index in [-0.39, 0.29) is 0 Å². The summed E-state index contributed by atoms with van der Waals surface area (Å²) in [5.41, 5.74) is 6.05. The van der Waals surface area contributed by atoms with E-state index in [2.05, 4.69) is 30.1 Å². The summed E-state index contributed by atoms with van der Waals surface area (Å²) >= 11 is 0. The Kier molecular flexibility index (Phi) is 7.33. The van der Waals surface area contributed by atoms with Gasteiger partial charge in [0.15, 0.2) is 0 Å². The Labute approximate surface area is 155 Å². The summed E-state index contributed by atoms with van der Waals surface area (Å²) in [6.07, 6.45) is 0. The summed E-state index contributed by atoms with van der Waals surface area (Å²) in [5, 5.41) is 17.4. The third-order valence-corrected chi connectivity index (χ3v) is 3.94. The third-order valence-electron chi connectivity index (χ3n) is 3.94. The molecule has 0 aliphatic heterocycles. The van der Waals surface area contributed by atoms with Crippen molar-refractivity contribution in [3.05, 3.63) is 95.6 Å². The quantitative estimate of drug-likeness (QED) is 0.560. The Morgan fingerprint density at radius 1 is 0.808 bits per heavy atom. The Morgan fingerprint density at radius 3 is 2.04 bits per heavy atom. The molecular formula is C22H24BNO2. The summed E-state index contributed by atoms with van der Waals surface area (Å²) in [7, 11) is -1.35. The maximum absolute atomic E-state index is 8.70. The van der Waals surface area contributed by atoms with E-state index in [1.165, 1.54) is 11.1 Å². The van der Waals surface area contributed by atoms with E-state index < -0.39 is 7.12 Å². The van der Waals surface area contributed by atoms with E-state index >= 15 is 0 Å². The molecule has 0 saturated heterocycles. The molecule has 0 aliphatic rings. The van der Waals surface area contributed by atoms with Crippen molar-refractivity contribution in [3.63, 3.8) is 0 Å². The van der Waals surface area contributed by atoms with Crippen LogP contribution in [0.2, 0.25) is 0 Å². The van der Waals surface area contributed by atoms with Crippen molar-refractivity contribution in [1.82, 2.24) is 0 Å². The van der Waals surface area contributed by atoms with E-state index in [9.17, 15) is 0 Å². The predicted octanol–water partition coefficient (Wildman–Crippen LogP) is 3.81. The van der Waals surface area contributed by atoms with Crippen LogP contribution in [0.5, 0.6) is 0 Å². The monoisotopic (exact) mass is 345 g/mol. The van der Waals surface area contributed by atoms with Crippen molar-refractivity contribution < 1.29 is 10.0 Å². The molecule has 0 heterocycles. The van der Waals surface area contributed by atoms with Crippen LogP contribution in [0.3, 0.4) is 0 Å². The van der Waals surface area contributed by atoms with Crippen LogP contribution in [0.4, 0.5) is 5.69 Å². The minimum absolute atomic E-state index is 0.542. The fourth-order valence-corrected chi connectivity index (χ4v) is 2.44. The molecule has 0 amide bonds. The van der Waals surface area contributed by atoms with Crippen molar-refractivity contribution >= 4 is 24.0 Å². The maximum Gasteiger partial charge on any atom is 0.488 e. The van der Waals surface area contributed by atoms with E-state index in [1.54, 1.807) is 18.2 Å². The van der Waals surface area contributed by atoms with E-state index in [1.807, 2.05) is 56.3 Å². The zero-order valence-corrected chi connectivity index (χ0v) is 15.4. The molecule has 0 saturated carbocycles. The summed E-state index contributed by atoms with van der Waals surface area (Å²) in [6.45, 7) is 6.03. The number of aliphatic imine (C=N–C) groups is 1. The van der Waals surface area contributed by atoms with Gasteiger partial charge in [-0.05, 0) is 43.4 Å². The molecule has 0 spiro atoms. The topological polar surface area (TPSA) is 52.8 Å². The molecule has 26 heavy (non-hydrogen) atoms. The van der Waals surface area contributed by atoms with Crippen LogP contribution in [-0.4, -0.2) is 22.9 Å². The molecule has 2 N–H and O–H groups in total. The summed E-state index contributed by atoms with van der Waals surface area (Å²) in [4.78, 5) is 4.65. The van der Waals surface area contributed by atoms with Crippen LogP contribution in [0.25, 0.3) is 0 Å². The second-order valence-corrected chi connectivity index (χ2v) is 6.14. The van der Waals surface area contributed by atoms with Gasteiger partial charge < -0.3 is 10.0 Å². The molecule has 0 atom stereocenters. The van der Waals surface area contributed by atoms with Gasteiger partial charge in [-0.3, -0.25) is 4.99 Å². The lowest BCUT2D eigenvalue weighted by molar-refractivity contribution is 0.425. The zero-order valence-electron chi connectivity index (χ0n) is 15.4. The largest absolute Gasteiger partial charge is 0.488 e. The molecule has 0 bridgehead atoms. The van der Waals surface area contributed by atoms with Crippen molar-refractivity contribution in [2.24, 2.45) is 4.99 Å². The van der Waals surface area contributed by atoms with Gasteiger partial charge in [-0.2, -0.15) is 0 Å². The molecule has 4 heteroatoms. The minimum atomic E-state index is -1.35. The number of hydrogen-bond donors (Lipinski definition) is 2. The molecule has 0 aliphatic carbocycles. The van der Waals surface area contributed by atoms with Gasteiger partial charge in [0.05, 0.1) is 5.69 Å². The van der Waals surface area contributed by atoms with Gasteiger partial charge in [-0.15, -0.1) is 0 Å². The summed E-state index contributed by atoms with van der Waals surface area (Å²) in [6, 6.07) is 25.5. The average molecular weight is 345 g/mol. The lowest BCUT2D eigenvalue weighted by atomic mass is 9.80. The SMILES string of the molecule is CC(=Nc1ccccc1C)c1ccccc1.Cc1cccc(B(O)O)c1. The van der Waals surface area contributed by atoms with Crippen molar-refractivity contribution in [2.75, 3.05) is 0 Å². The van der Waals surface area contributed by atoms with Crippen LogP contribution in [-0.2, 0) is 0 Å². The normalized spacial score (nSPS) is 10.7. The Balaban J connectivity index is 0.000000209. The highest BCUT2D eigenvalue weighted by Crippen LogP contribution is 2.18. The molecule has 132 valence electrons. The van der Waals surface area contributed by atoms with E-state index in [0.717, 1.165) is 17.0 Å². The zero-order chi connectivity index (χ0) is 18.9. The number of aryl methyl sites for hydroxylation is 2. The van der Waals surface area contributed by atoms with Gasteiger partial charge >= 0.3 is 7.12 Å². The number of benzene rings is 3. The highest BCUT2D eigenvalue weighted by Gasteiger charge is 2.08. The second-order valence-electron chi connectivity index (χ2n) is 6.14. The highest BCUT2D eigenvalue weighted by molar-refractivity contribution is 6.58. The fourth-order valence-electron chi connectivity index (χ4n) is 2.44. The molecular weight excluding hydrogens is 321 g/mol. The predicted molar refractivity (Wildman–Crippen MR) is 110 cm³/mol. The molecule has 0 aromatic heterocycles. The second kappa shape index (κ2) is 9.71. The standard InChI is InChI=1S/C15H15N.C7H9BO2/c1-12-8-6-7-11-15(12)16-13(2)14-9-4-3-5-10-14;1-6-3-2-4-7(5-6)8(9)10/h3-11H,1-2H3;2-5,9-10H,1H3. The molecule has 0 fully saturated rings. The molecule has 3 aromatic rings. The maximum atomic E-state index is 8.70. The fraction of sp³-hybridized carbons (Fsp3) is 0.136. The molecule has 3 aromatic carbocycles. The Morgan fingerprint density at radius 2 is 1.46 bits per heavy atom. The first-order chi connectivity index (χ1) is 12.5. The highest BCUT2D eigenvalue weighted by atomic mass is 16.4. The van der Waals surface area contributed by atoms with Crippen LogP contribution in [0.1, 0.15) is 23.6 Å². The van der Waals surface area contributed by atoms with Gasteiger partial charge in [0.25, 0.3) is 0 Å². The first-order valence-corrected chi connectivity index (χ1v) is 8.56. The number of hydrogen-bond acceptors (Lipinski definition) is 3.